The Kier molecular flexibility index (Phi) is 6.71. The van der Waals surface area contributed by atoms with Crippen LogP contribution in [0.4, 0.5) is 0 Å². The summed E-state index contributed by atoms with van der Waals surface area (Å²) in [7, 11) is 0. The van der Waals surface area contributed by atoms with Crippen LogP contribution in [0.2, 0.25) is 0 Å². The van der Waals surface area contributed by atoms with Gasteiger partial charge >= 0.3 is 0 Å². The van der Waals surface area contributed by atoms with Crippen LogP contribution in [0.1, 0.15) is 18.4 Å². The van der Waals surface area contributed by atoms with Gasteiger partial charge in [-0.2, -0.15) is 0 Å². The Bertz CT molecular complexity index is 525. The van der Waals surface area contributed by atoms with Gasteiger partial charge in [-0.15, -0.1) is 11.6 Å². The van der Waals surface area contributed by atoms with Gasteiger partial charge in [0.2, 0.25) is 11.8 Å². The molecule has 1 aromatic rings. The van der Waals surface area contributed by atoms with Gasteiger partial charge < -0.3 is 14.5 Å². The third kappa shape index (κ3) is 5.43. The minimum atomic E-state index is -0.0646. The highest BCUT2D eigenvalue weighted by Crippen LogP contribution is 2.12. The third-order valence-electron chi connectivity index (χ3n) is 3.92. The molecule has 1 heterocycles. The number of alkyl halides is 1. The van der Waals surface area contributed by atoms with Crippen LogP contribution in [0.15, 0.2) is 24.3 Å². The van der Waals surface area contributed by atoms with E-state index in [9.17, 15) is 9.59 Å². The summed E-state index contributed by atoms with van der Waals surface area (Å²) in [5.41, 5.74) is 1.19. The van der Waals surface area contributed by atoms with E-state index in [0.29, 0.717) is 45.6 Å². The molecule has 0 aliphatic carbocycles. The number of carbonyl (C=O) groups is 2. The molecule has 0 N–H and O–H groups in total. The lowest BCUT2D eigenvalue weighted by Gasteiger charge is -2.34. The lowest BCUT2D eigenvalue weighted by atomic mass is 10.2. The van der Waals surface area contributed by atoms with Gasteiger partial charge in [-0.3, -0.25) is 9.59 Å². The fourth-order valence-corrected chi connectivity index (χ4v) is 2.66. The van der Waals surface area contributed by atoms with Crippen LogP contribution in [0.5, 0.6) is 5.75 Å². The number of ether oxygens (including phenoxy) is 1. The van der Waals surface area contributed by atoms with Crippen molar-refractivity contribution in [2.75, 3.05) is 38.7 Å². The fourth-order valence-electron chi connectivity index (χ4n) is 2.50. The standard InChI is InChI=1S/C17H23ClN2O3/c1-14-4-6-15(7-5-14)23-12-2-3-16(21)19-8-10-20(11-9-19)17(22)13-18/h4-7H,2-3,8-13H2,1H3. The molecule has 1 fully saturated rings. The van der Waals surface area contributed by atoms with Gasteiger partial charge in [0.25, 0.3) is 0 Å². The van der Waals surface area contributed by atoms with E-state index in [2.05, 4.69) is 0 Å². The van der Waals surface area contributed by atoms with Crippen molar-refractivity contribution in [3.05, 3.63) is 29.8 Å². The van der Waals surface area contributed by atoms with Crippen LogP contribution in [0.3, 0.4) is 0 Å². The van der Waals surface area contributed by atoms with E-state index in [-0.39, 0.29) is 17.7 Å². The number of hydrogen-bond acceptors (Lipinski definition) is 3. The molecule has 0 spiro atoms. The number of amides is 2. The van der Waals surface area contributed by atoms with Crippen LogP contribution < -0.4 is 4.74 Å². The average Bonchev–Trinajstić information content (AvgIpc) is 2.59. The molecule has 0 aromatic heterocycles. The molecule has 1 aliphatic heterocycles. The molecule has 2 amide bonds. The molecule has 6 heteroatoms. The van der Waals surface area contributed by atoms with Crippen molar-refractivity contribution in [1.29, 1.82) is 0 Å². The third-order valence-corrected chi connectivity index (χ3v) is 4.15. The summed E-state index contributed by atoms with van der Waals surface area (Å²) in [6.07, 6.45) is 1.16. The molecule has 0 saturated carbocycles. The normalized spacial score (nSPS) is 14.7. The van der Waals surface area contributed by atoms with Crippen LogP contribution in [0.25, 0.3) is 0 Å². The maximum Gasteiger partial charge on any atom is 0.237 e. The fraction of sp³-hybridized carbons (Fsp3) is 0.529. The van der Waals surface area contributed by atoms with Crippen LogP contribution >= 0.6 is 11.6 Å². The Morgan fingerprint density at radius 1 is 1.04 bits per heavy atom. The minimum absolute atomic E-state index is 0.00426. The van der Waals surface area contributed by atoms with Gasteiger partial charge in [0, 0.05) is 32.6 Å². The highest BCUT2D eigenvalue weighted by molar-refractivity contribution is 6.27. The smallest absolute Gasteiger partial charge is 0.237 e. The molecular formula is C17H23ClN2O3. The first-order valence-corrected chi connectivity index (χ1v) is 8.44. The van der Waals surface area contributed by atoms with Gasteiger partial charge in [-0.1, -0.05) is 17.7 Å². The zero-order valence-corrected chi connectivity index (χ0v) is 14.2. The van der Waals surface area contributed by atoms with Crippen molar-refractivity contribution < 1.29 is 14.3 Å². The van der Waals surface area contributed by atoms with E-state index in [1.807, 2.05) is 36.1 Å². The van der Waals surface area contributed by atoms with E-state index < -0.39 is 0 Å². The number of benzene rings is 1. The van der Waals surface area contributed by atoms with Crippen molar-refractivity contribution in [2.45, 2.75) is 19.8 Å². The molecule has 0 bridgehead atoms. The van der Waals surface area contributed by atoms with Crippen molar-refractivity contribution in [3.8, 4) is 5.75 Å². The predicted molar refractivity (Wildman–Crippen MR) is 89.8 cm³/mol. The number of hydrogen-bond donors (Lipinski definition) is 0. The summed E-state index contributed by atoms with van der Waals surface area (Å²) < 4.78 is 5.62. The summed E-state index contributed by atoms with van der Waals surface area (Å²) >= 11 is 5.54. The number of carbonyl (C=O) groups excluding carboxylic acids is 2. The molecule has 23 heavy (non-hydrogen) atoms. The Balaban J connectivity index is 1.64. The second kappa shape index (κ2) is 8.77. The number of piperazine rings is 1. The van der Waals surface area contributed by atoms with Crippen molar-refractivity contribution in [2.24, 2.45) is 0 Å². The molecule has 1 aromatic carbocycles. The Hall–Kier alpha value is -1.75. The maximum atomic E-state index is 12.1. The number of halogens is 1. The first-order valence-electron chi connectivity index (χ1n) is 7.91. The van der Waals surface area contributed by atoms with E-state index >= 15 is 0 Å². The monoisotopic (exact) mass is 338 g/mol. The van der Waals surface area contributed by atoms with Gasteiger partial charge in [-0.05, 0) is 25.5 Å². The largest absolute Gasteiger partial charge is 0.494 e. The van der Waals surface area contributed by atoms with E-state index in [1.54, 1.807) is 4.90 Å². The summed E-state index contributed by atoms with van der Waals surface area (Å²) in [5.74, 6) is 0.890. The summed E-state index contributed by atoms with van der Waals surface area (Å²) in [6, 6.07) is 7.87. The lowest BCUT2D eigenvalue weighted by Crippen LogP contribution is -2.50. The number of nitrogens with zero attached hydrogens (tertiary/aromatic N) is 2. The minimum Gasteiger partial charge on any atom is -0.494 e. The van der Waals surface area contributed by atoms with Crippen LogP contribution in [-0.2, 0) is 9.59 Å². The zero-order chi connectivity index (χ0) is 16.7. The van der Waals surface area contributed by atoms with Gasteiger partial charge in [0.1, 0.15) is 11.6 Å². The van der Waals surface area contributed by atoms with Gasteiger partial charge in [0.05, 0.1) is 6.61 Å². The molecule has 1 saturated heterocycles. The van der Waals surface area contributed by atoms with Crippen molar-refractivity contribution in [1.82, 2.24) is 9.80 Å². The van der Waals surface area contributed by atoms with Gasteiger partial charge in [0.15, 0.2) is 0 Å². The first-order chi connectivity index (χ1) is 11.1. The molecule has 1 aliphatic rings. The summed E-state index contributed by atoms with van der Waals surface area (Å²) in [6.45, 7) is 4.86. The van der Waals surface area contributed by atoms with E-state index in [0.717, 1.165) is 5.75 Å². The molecule has 0 radical (unpaired) electrons. The molecule has 0 atom stereocenters. The lowest BCUT2D eigenvalue weighted by molar-refractivity contribution is -0.138. The Morgan fingerprint density at radius 2 is 1.61 bits per heavy atom. The highest BCUT2D eigenvalue weighted by Gasteiger charge is 2.23. The highest BCUT2D eigenvalue weighted by atomic mass is 35.5. The zero-order valence-electron chi connectivity index (χ0n) is 13.5. The Morgan fingerprint density at radius 3 is 2.17 bits per heavy atom. The number of rotatable bonds is 6. The summed E-state index contributed by atoms with van der Waals surface area (Å²) in [5, 5.41) is 0. The summed E-state index contributed by atoms with van der Waals surface area (Å²) in [4.78, 5) is 27.1. The van der Waals surface area contributed by atoms with Gasteiger partial charge in [-0.25, -0.2) is 0 Å². The molecular weight excluding hydrogens is 316 g/mol. The SMILES string of the molecule is Cc1ccc(OCCCC(=O)N2CCN(C(=O)CCl)CC2)cc1. The second-order valence-electron chi connectivity index (χ2n) is 5.66. The van der Waals surface area contributed by atoms with E-state index in [1.165, 1.54) is 5.56 Å². The number of aryl methyl sites for hydroxylation is 1. The average molecular weight is 339 g/mol. The van der Waals surface area contributed by atoms with Crippen molar-refractivity contribution in [3.63, 3.8) is 0 Å². The van der Waals surface area contributed by atoms with Crippen molar-refractivity contribution >= 4 is 23.4 Å². The van der Waals surface area contributed by atoms with E-state index in [4.69, 9.17) is 16.3 Å². The molecule has 2 rings (SSSR count). The molecule has 5 nitrogen and oxygen atoms in total. The molecule has 0 unspecified atom stereocenters. The first kappa shape index (κ1) is 17.6. The second-order valence-corrected chi connectivity index (χ2v) is 5.93. The van der Waals surface area contributed by atoms with Crippen LogP contribution in [-0.4, -0.2) is 60.3 Å². The Labute approximate surface area is 142 Å². The molecule has 126 valence electrons. The quantitative estimate of drug-likeness (QED) is 0.589. The van der Waals surface area contributed by atoms with Crippen LogP contribution in [0, 0.1) is 6.92 Å². The predicted octanol–water partition coefficient (Wildman–Crippen LogP) is 2.06. The maximum absolute atomic E-state index is 12.1. The topological polar surface area (TPSA) is 49.9 Å².